The molecule has 3 saturated heterocycles. The number of nitrogens with two attached hydrogens (primary N) is 1. The fourth-order valence-corrected chi connectivity index (χ4v) is 5.06. The van der Waals surface area contributed by atoms with Gasteiger partial charge < -0.3 is 25.2 Å². The van der Waals surface area contributed by atoms with Crippen LogP contribution in [0.5, 0.6) is 0 Å². The minimum atomic E-state index is -1.46. The number of rotatable bonds is 8. The average Bonchev–Trinajstić information content (AvgIpc) is 3.45. The topological polar surface area (TPSA) is 88.3 Å². The van der Waals surface area contributed by atoms with Crippen LogP contribution in [-0.2, 0) is 20.1 Å². The Balaban J connectivity index is 1.65. The number of hydrogen-bond donors (Lipinski definition) is 2. The van der Waals surface area contributed by atoms with E-state index in [0.29, 0.717) is 26.3 Å². The SMILES string of the molecule is NC(=O)C1CCN(C(CN2CCCC2)C(O)(OC2CCOCC2)c2ccccc2)C1. The van der Waals surface area contributed by atoms with E-state index in [2.05, 4.69) is 9.80 Å². The highest BCUT2D eigenvalue weighted by atomic mass is 16.6. The van der Waals surface area contributed by atoms with E-state index >= 15 is 0 Å². The molecule has 3 heterocycles. The van der Waals surface area contributed by atoms with Crippen LogP contribution in [-0.4, -0.2) is 78.9 Å². The van der Waals surface area contributed by atoms with Gasteiger partial charge in [-0.1, -0.05) is 30.3 Å². The van der Waals surface area contributed by atoms with E-state index in [9.17, 15) is 9.90 Å². The van der Waals surface area contributed by atoms with Crippen molar-refractivity contribution in [1.82, 2.24) is 9.80 Å². The predicted molar refractivity (Wildman–Crippen MR) is 114 cm³/mol. The molecular formula is C23H35N3O4. The van der Waals surface area contributed by atoms with E-state index in [4.69, 9.17) is 15.2 Å². The fourth-order valence-electron chi connectivity index (χ4n) is 5.06. The first kappa shape index (κ1) is 21.7. The summed E-state index contributed by atoms with van der Waals surface area (Å²) in [7, 11) is 0. The number of primary amides is 1. The van der Waals surface area contributed by atoms with Crippen LogP contribution in [0.1, 0.15) is 37.7 Å². The van der Waals surface area contributed by atoms with E-state index in [1.54, 1.807) is 0 Å². The van der Waals surface area contributed by atoms with Gasteiger partial charge in [0.15, 0.2) is 0 Å². The van der Waals surface area contributed by atoms with Gasteiger partial charge in [-0.15, -0.1) is 0 Å². The van der Waals surface area contributed by atoms with Crippen molar-refractivity contribution in [3.05, 3.63) is 35.9 Å². The average molecular weight is 418 g/mol. The summed E-state index contributed by atoms with van der Waals surface area (Å²) in [6.45, 7) is 5.38. The van der Waals surface area contributed by atoms with Crippen molar-refractivity contribution in [2.24, 2.45) is 11.7 Å². The van der Waals surface area contributed by atoms with Crippen molar-refractivity contribution in [2.75, 3.05) is 45.9 Å². The maximum Gasteiger partial charge on any atom is 0.221 e. The van der Waals surface area contributed by atoms with Crippen molar-refractivity contribution in [3.63, 3.8) is 0 Å². The molecule has 7 nitrogen and oxygen atoms in total. The minimum absolute atomic E-state index is 0.0559. The lowest BCUT2D eigenvalue weighted by molar-refractivity contribution is -0.282. The highest BCUT2D eigenvalue weighted by Crippen LogP contribution is 2.36. The van der Waals surface area contributed by atoms with Crippen LogP contribution in [0, 0.1) is 5.92 Å². The highest BCUT2D eigenvalue weighted by Gasteiger charge is 2.48. The first-order valence-electron chi connectivity index (χ1n) is 11.4. The van der Waals surface area contributed by atoms with E-state index in [1.807, 2.05) is 30.3 Å². The van der Waals surface area contributed by atoms with Crippen LogP contribution < -0.4 is 5.73 Å². The van der Waals surface area contributed by atoms with Gasteiger partial charge in [-0.2, -0.15) is 0 Å². The van der Waals surface area contributed by atoms with Crippen molar-refractivity contribution in [3.8, 4) is 0 Å². The second kappa shape index (κ2) is 9.75. The second-order valence-corrected chi connectivity index (χ2v) is 8.90. The first-order chi connectivity index (χ1) is 14.6. The summed E-state index contributed by atoms with van der Waals surface area (Å²) < 4.78 is 12.0. The van der Waals surface area contributed by atoms with E-state index in [0.717, 1.165) is 44.5 Å². The summed E-state index contributed by atoms with van der Waals surface area (Å²) in [5, 5.41) is 12.2. The third kappa shape index (κ3) is 4.86. The molecule has 0 spiro atoms. The molecule has 0 radical (unpaired) electrons. The van der Waals surface area contributed by atoms with Gasteiger partial charge in [0.2, 0.25) is 11.7 Å². The van der Waals surface area contributed by atoms with Gasteiger partial charge in [-0.25, -0.2) is 0 Å². The zero-order valence-electron chi connectivity index (χ0n) is 17.7. The van der Waals surface area contributed by atoms with Crippen LogP contribution in [0.2, 0.25) is 0 Å². The van der Waals surface area contributed by atoms with Crippen LogP contribution in [0.15, 0.2) is 30.3 Å². The van der Waals surface area contributed by atoms with E-state index in [-0.39, 0.29) is 24.0 Å². The Bertz CT molecular complexity index is 691. The molecule has 3 unspecified atom stereocenters. The summed E-state index contributed by atoms with van der Waals surface area (Å²) in [6.07, 6.45) is 4.58. The van der Waals surface area contributed by atoms with Gasteiger partial charge >= 0.3 is 0 Å². The number of carbonyl (C=O) groups excluding carboxylic acids is 1. The molecule has 0 saturated carbocycles. The zero-order valence-corrected chi connectivity index (χ0v) is 17.7. The predicted octanol–water partition coefficient (Wildman–Crippen LogP) is 1.30. The summed E-state index contributed by atoms with van der Waals surface area (Å²) >= 11 is 0. The number of ether oxygens (including phenoxy) is 2. The maximum absolute atomic E-state index is 12.2. The number of hydrogen-bond acceptors (Lipinski definition) is 6. The lowest BCUT2D eigenvalue weighted by Gasteiger charge is -2.45. The Morgan fingerprint density at radius 2 is 1.87 bits per heavy atom. The molecule has 3 N–H and O–H groups in total. The van der Waals surface area contributed by atoms with Gasteiger partial charge in [0.05, 0.1) is 18.1 Å². The highest BCUT2D eigenvalue weighted by molar-refractivity contribution is 5.77. The van der Waals surface area contributed by atoms with Crippen molar-refractivity contribution in [2.45, 2.75) is 50.0 Å². The van der Waals surface area contributed by atoms with Crippen LogP contribution in [0.25, 0.3) is 0 Å². The molecule has 3 atom stereocenters. The van der Waals surface area contributed by atoms with Crippen LogP contribution >= 0.6 is 0 Å². The summed E-state index contributed by atoms with van der Waals surface area (Å²) in [5.74, 6) is -1.89. The molecule has 3 fully saturated rings. The van der Waals surface area contributed by atoms with Crippen molar-refractivity contribution < 1.29 is 19.4 Å². The Kier molecular flexibility index (Phi) is 7.05. The summed E-state index contributed by atoms with van der Waals surface area (Å²) in [4.78, 5) is 16.5. The van der Waals surface area contributed by atoms with Crippen molar-refractivity contribution >= 4 is 5.91 Å². The molecular weight excluding hydrogens is 382 g/mol. The summed E-state index contributed by atoms with van der Waals surface area (Å²) in [6, 6.07) is 9.45. The van der Waals surface area contributed by atoms with Gasteiger partial charge in [0.1, 0.15) is 0 Å². The Hall–Kier alpha value is -1.51. The number of carbonyl (C=O) groups is 1. The number of amides is 1. The van der Waals surface area contributed by atoms with Gasteiger partial charge in [0, 0.05) is 31.9 Å². The monoisotopic (exact) mass is 417 g/mol. The number of likely N-dealkylation sites (tertiary alicyclic amines) is 2. The number of benzene rings is 1. The van der Waals surface area contributed by atoms with Gasteiger partial charge in [0.25, 0.3) is 0 Å². The molecule has 0 aliphatic carbocycles. The maximum atomic E-state index is 12.2. The fraction of sp³-hybridized carbons (Fsp3) is 0.696. The molecule has 0 bridgehead atoms. The Labute approximate surface area is 179 Å². The molecule has 1 aromatic carbocycles. The van der Waals surface area contributed by atoms with E-state index < -0.39 is 5.79 Å². The number of aliphatic hydroxyl groups is 1. The van der Waals surface area contributed by atoms with Gasteiger partial charge in [-0.05, 0) is 51.7 Å². The molecule has 7 heteroatoms. The Morgan fingerprint density at radius 3 is 2.50 bits per heavy atom. The summed E-state index contributed by atoms with van der Waals surface area (Å²) in [5.41, 5.74) is 6.38. The molecule has 166 valence electrons. The zero-order chi connectivity index (χ0) is 21.0. The lowest BCUT2D eigenvalue weighted by atomic mass is 9.94. The third-order valence-electron chi connectivity index (χ3n) is 6.85. The first-order valence-corrected chi connectivity index (χ1v) is 11.4. The Morgan fingerprint density at radius 1 is 1.17 bits per heavy atom. The molecule has 30 heavy (non-hydrogen) atoms. The molecule has 3 aliphatic heterocycles. The smallest absolute Gasteiger partial charge is 0.221 e. The lowest BCUT2D eigenvalue weighted by Crippen LogP contribution is -2.58. The van der Waals surface area contributed by atoms with Crippen LogP contribution in [0.4, 0.5) is 0 Å². The molecule has 3 aliphatic rings. The third-order valence-corrected chi connectivity index (χ3v) is 6.85. The van der Waals surface area contributed by atoms with Crippen molar-refractivity contribution in [1.29, 1.82) is 0 Å². The molecule has 1 amide bonds. The van der Waals surface area contributed by atoms with E-state index in [1.165, 1.54) is 12.8 Å². The normalized spacial score (nSPS) is 27.2. The second-order valence-electron chi connectivity index (χ2n) is 8.90. The number of nitrogens with zero attached hydrogens (tertiary/aromatic N) is 2. The quantitative estimate of drug-likeness (QED) is 0.620. The minimum Gasteiger partial charge on any atom is -0.381 e. The molecule has 0 aromatic heterocycles. The van der Waals surface area contributed by atoms with Crippen LogP contribution in [0.3, 0.4) is 0 Å². The standard InChI is InChI=1S/C23H35N3O4/c24-22(27)18-8-13-26(16-18)21(17-25-11-4-5-12-25)23(28,19-6-2-1-3-7-19)30-20-9-14-29-15-10-20/h1-3,6-7,18,20-21,28H,4-5,8-17H2,(H2,24,27). The largest absolute Gasteiger partial charge is 0.381 e. The molecule has 1 aromatic rings. The van der Waals surface area contributed by atoms with Gasteiger partial charge in [-0.3, -0.25) is 9.69 Å². The molecule has 4 rings (SSSR count).